The topological polar surface area (TPSA) is 51.2 Å². The Labute approximate surface area is 83.3 Å². The highest BCUT2D eigenvalue weighted by atomic mass is 16.5. The van der Waals surface area contributed by atoms with Gasteiger partial charge < -0.3 is 10.1 Å². The van der Waals surface area contributed by atoms with Crippen molar-refractivity contribution in [1.82, 2.24) is 10.3 Å². The third-order valence-corrected chi connectivity index (χ3v) is 1.80. The van der Waals surface area contributed by atoms with Gasteiger partial charge in [-0.15, -0.1) is 0 Å². The number of hydrogen-bond acceptors (Lipinski definition) is 4. The van der Waals surface area contributed by atoms with E-state index in [9.17, 15) is 4.79 Å². The van der Waals surface area contributed by atoms with E-state index in [0.717, 1.165) is 11.3 Å². The van der Waals surface area contributed by atoms with Crippen LogP contribution in [0.2, 0.25) is 0 Å². The van der Waals surface area contributed by atoms with Gasteiger partial charge >= 0.3 is 5.97 Å². The van der Waals surface area contributed by atoms with Gasteiger partial charge in [-0.1, -0.05) is 6.07 Å². The van der Waals surface area contributed by atoms with Gasteiger partial charge in [0, 0.05) is 18.4 Å². The number of pyridine rings is 1. The van der Waals surface area contributed by atoms with E-state index in [-0.39, 0.29) is 12.5 Å². The molecule has 0 radical (unpaired) electrons. The van der Waals surface area contributed by atoms with Crippen molar-refractivity contribution >= 4 is 5.97 Å². The summed E-state index contributed by atoms with van der Waals surface area (Å²) in [4.78, 5) is 14.9. The molecule has 0 atom stereocenters. The molecule has 0 saturated heterocycles. The molecule has 76 valence electrons. The van der Waals surface area contributed by atoms with Gasteiger partial charge in [-0.25, -0.2) is 0 Å². The van der Waals surface area contributed by atoms with Crippen LogP contribution in [-0.2, 0) is 16.1 Å². The Morgan fingerprint density at radius 1 is 1.57 bits per heavy atom. The first-order chi connectivity index (χ1) is 6.72. The lowest BCUT2D eigenvalue weighted by Crippen LogP contribution is -2.23. The molecular weight excluding hydrogens is 180 g/mol. The largest absolute Gasteiger partial charge is 0.468 e. The van der Waals surface area contributed by atoms with Gasteiger partial charge in [0.2, 0.25) is 0 Å². The number of ether oxygens (including phenoxy) is 1. The van der Waals surface area contributed by atoms with Crippen molar-refractivity contribution in [3.63, 3.8) is 0 Å². The quantitative estimate of drug-likeness (QED) is 0.715. The average molecular weight is 194 g/mol. The van der Waals surface area contributed by atoms with Crippen molar-refractivity contribution in [2.45, 2.75) is 13.5 Å². The Morgan fingerprint density at radius 2 is 2.36 bits per heavy atom. The van der Waals surface area contributed by atoms with Gasteiger partial charge in [0.05, 0.1) is 13.7 Å². The Balaban J connectivity index is 2.31. The summed E-state index contributed by atoms with van der Waals surface area (Å²) in [7, 11) is 1.37. The maximum absolute atomic E-state index is 10.8. The molecule has 0 aliphatic carbocycles. The summed E-state index contributed by atoms with van der Waals surface area (Å²) in [5.41, 5.74) is 2.04. The lowest BCUT2D eigenvalue weighted by Gasteiger charge is -2.03. The van der Waals surface area contributed by atoms with Crippen molar-refractivity contribution in [3.05, 3.63) is 29.6 Å². The van der Waals surface area contributed by atoms with E-state index in [4.69, 9.17) is 0 Å². The summed E-state index contributed by atoms with van der Waals surface area (Å²) < 4.78 is 4.49. The van der Waals surface area contributed by atoms with E-state index in [1.807, 2.05) is 19.1 Å². The zero-order valence-electron chi connectivity index (χ0n) is 8.41. The molecule has 14 heavy (non-hydrogen) atoms. The van der Waals surface area contributed by atoms with Crippen LogP contribution in [0.15, 0.2) is 18.3 Å². The number of rotatable bonds is 4. The van der Waals surface area contributed by atoms with Gasteiger partial charge in [0.15, 0.2) is 0 Å². The van der Waals surface area contributed by atoms with E-state index in [2.05, 4.69) is 15.0 Å². The second-order valence-corrected chi connectivity index (χ2v) is 2.99. The average Bonchev–Trinajstić information content (AvgIpc) is 2.21. The van der Waals surface area contributed by atoms with Crippen molar-refractivity contribution in [2.24, 2.45) is 0 Å². The zero-order valence-corrected chi connectivity index (χ0v) is 8.41. The number of hydrogen-bond donors (Lipinski definition) is 1. The van der Waals surface area contributed by atoms with Crippen LogP contribution < -0.4 is 5.32 Å². The highest BCUT2D eigenvalue weighted by Crippen LogP contribution is 1.97. The molecule has 1 N–H and O–H groups in total. The number of carbonyl (C=O) groups is 1. The van der Waals surface area contributed by atoms with Crippen LogP contribution in [0.1, 0.15) is 11.3 Å². The van der Waals surface area contributed by atoms with Gasteiger partial charge in [-0.05, 0) is 18.6 Å². The van der Waals surface area contributed by atoms with Crippen LogP contribution in [0.4, 0.5) is 0 Å². The van der Waals surface area contributed by atoms with Crippen molar-refractivity contribution in [1.29, 1.82) is 0 Å². The Morgan fingerprint density at radius 3 is 2.93 bits per heavy atom. The number of aryl methyl sites for hydroxylation is 1. The monoisotopic (exact) mass is 194 g/mol. The fourth-order valence-corrected chi connectivity index (χ4v) is 0.984. The molecule has 0 spiro atoms. The maximum atomic E-state index is 10.8. The lowest BCUT2D eigenvalue weighted by atomic mass is 10.2. The molecule has 0 saturated carbocycles. The van der Waals surface area contributed by atoms with Crippen molar-refractivity contribution < 1.29 is 9.53 Å². The molecular formula is C10H14N2O2. The third kappa shape index (κ3) is 3.53. The number of aromatic nitrogens is 1. The molecule has 0 fully saturated rings. The molecule has 0 aliphatic heterocycles. The second-order valence-electron chi connectivity index (χ2n) is 2.99. The molecule has 0 aliphatic rings. The molecule has 1 rings (SSSR count). The summed E-state index contributed by atoms with van der Waals surface area (Å²) in [5, 5.41) is 2.96. The summed E-state index contributed by atoms with van der Waals surface area (Å²) in [5.74, 6) is -0.259. The van der Waals surface area contributed by atoms with Gasteiger partial charge in [-0.3, -0.25) is 9.78 Å². The molecule has 0 aromatic carbocycles. The zero-order chi connectivity index (χ0) is 10.4. The minimum atomic E-state index is -0.259. The fraction of sp³-hybridized carbons (Fsp3) is 0.400. The molecule has 1 aromatic heterocycles. The van der Waals surface area contributed by atoms with E-state index < -0.39 is 0 Å². The Hall–Kier alpha value is -1.42. The lowest BCUT2D eigenvalue weighted by molar-refractivity contribution is -0.139. The highest BCUT2D eigenvalue weighted by Gasteiger charge is 1.98. The van der Waals surface area contributed by atoms with E-state index in [1.165, 1.54) is 7.11 Å². The standard InChI is InChI=1S/C10H14N2O2/c1-8-3-4-9(6-12-8)5-11-7-10(13)14-2/h3-4,6,11H,5,7H2,1-2H3. The van der Waals surface area contributed by atoms with E-state index in [1.54, 1.807) is 6.20 Å². The highest BCUT2D eigenvalue weighted by molar-refractivity contribution is 5.71. The molecule has 1 aromatic rings. The minimum Gasteiger partial charge on any atom is -0.468 e. The van der Waals surface area contributed by atoms with Crippen molar-refractivity contribution in [2.75, 3.05) is 13.7 Å². The van der Waals surface area contributed by atoms with Gasteiger partial charge in [0.1, 0.15) is 0 Å². The van der Waals surface area contributed by atoms with Crippen LogP contribution in [0, 0.1) is 6.92 Å². The predicted octanol–water partition coefficient (Wildman–Crippen LogP) is 0.653. The maximum Gasteiger partial charge on any atom is 0.319 e. The number of methoxy groups -OCH3 is 1. The van der Waals surface area contributed by atoms with Crippen LogP contribution in [0.3, 0.4) is 0 Å². The number of nitrogens with one attached hydrogen (secondary N) is 1. The summed E-state index contributed by atoms with van der Waals surface area (Å²) in [6, 6.07) is 3.92. The van der Waals surface area contributed by atoms with Gasteiger partial charge in [-0.2, -0.15) is 0 Å². The molecule has 0 unspecified atom stereocenters. The fourth-order valence-electron chi connectivity index (χ4n) is 0.984. The minimum absolute atomic E-state index is 0.227. The number of esters is 1. The second kappa shape index (κ2) is 5.34. The van der Waals surface area contributed by atoms with Gasteiger partial charge in [0.25, 0.3) is 0 Å². The Bertz CT molecular complexity index is 295. The first-order valence-corrected chi connectivity index (χ1v) is 4.41. The molecule has 0 amide bonds. The molecule has 4 heteroatoms. The Kier molecular flexibility index (Phi) is 4.07. The van der Waals surface area contributed by atoms with Crippen LogP contribution in [-0.4, -0.2) is 24.6 Å². The first-order valence-electron chi connectivity index (χ1n) is 4.41. The normalized spacial score (nSPS) is 9.86. The third-order valence-electron chi connectivity index (χ3n) is 1.80. The summed E-state index contributed by atoms with van der Waals surface area (Å²) in [6.45, 7) is 2.79. The van der Waals surface area contributed by atoms with Crippen LogP contribution >= 0.6 is 0 Å². The van der Waals surface area contributed by atoms with E-state index in [0.29, 0.717) is 6.54 Å². The molecule has 4 nitrogen and oxygen atoms in total. The number of nitrogens with zero attached hydrogens (tertiary/aromatic N) is 1. The molecule has 1 heterocycles. The van der Waals surface area contributed by atoms with Crippen LogP contribution in [0.25, 0.3) is 0 Å². The predicted molar refractivity (Wildman–Crippen MR) is 52.7 cm³/mol. The molecule has 0 bridgehead atoms. The first kappa shape index (κ1) is 10.7. The van der Waals surface area contributed by atoms with Crippen LogP contribution in [0.5, 0.6) is 0 Å². The summed E-state index contributed by atoms with van der Waals surface area (Å²) in [6.07, 6.45) is 1.79. The van der Waals surface area contributed by atoms with Crippen molar-refractivity contribution in [3.8, 4) is 0 Å². The number of carbonyl (C=O) groups excluding carboxylic acids is 1. The van der Waals surface area contributed by atoms with E-state index >= 15 is 0 Å². The SMILES string of the molecule is COC(=O)CNCc1ccc(C)nc1. The smallest absolute Gasteiger partial charge is 0.319 e. The summed E-state index contributed by atoms with van der Waals surface area (Å²) >= 11 is 0.